The van der Waals surface area contributed by atoms with Crippen LogP contribution in [0.2, 0.25) is 0 Å². The number of hydrogen-bond acceptors (Lipinski definition) is 3. The second kappa shape index (κ2) is 9.03. The van der Waals surface area contributed by atoms with Crippen LogP contribution in [0.4, 0.5) is 0 Å². The van der Waals surface area contributed by atoms with Gasteiger partial charge in [0.2, 0.25) is 4.38 Å². The highest BCUT2D eigenvalue weighted by molar-refractivity contribution is 9.10. The molecule has 1 nitrogen and oxygen atoms in total. The van der Waals surface area contributed by atoms with Crippen molar-refractivity contribution in [2.75, 3.05) is 6.61 Å². The third kappa shape index (κ3) is 6.46. The van der Waals surface area contributed by atoms with Crippen molar-refractivity contribution in [1.82, 2.24) is 0 Å². The molecule has 0 amide bonds. The van der Waals surface area contributed by atoms with E-state index >= 15 is 0 Å². The maximum atomic E-state index is 5.51. The second-order valence-corrected chi connectivity index (χ2v) is 6.78. The number of benzene rings is 2. The van der Waals surface area contributed by atoms with Gasteiger partial charge in [-0.2, -0.15) is 0 Å². The molecule has 2 aromatic rings. The van der Waals surface area contributed by atoms with Gasteiger partial charge < -0.3 is 4.74 Å². The van der Waals surface area contributed by atoms with Crippen molar-refractivity contribution < 1.29 is 4.74 Å². The summed E-state index contributed by atoms with van der Waals surface area (Å²) in [6.07, 6.45) is 4.00. The van der Waals surface area contributed by atoms with E-state index in [0.29, 0.717) is 11.0 Å². The van der Waals surface area contributed by atoms with Gasteiger partial charge in [0.05, 0.1) is 0 Å². The average molecular weight is 379 g/mol. The van der Waals surface area contributed by atoms with Crippen LogP contribution in [0.1, 0.15) is 11.1 Å². The van der Waals surface area contributed by atoms with Crippen LogP contribution in [-0.4, -0.2) is 11.0 Å². The van der Waals surface area contributed by atoms with E-state index in [-0.39, 0.29) is 0 Å². The molecule has 0 saturated carbocycles. The maximum absolute atomic E-state index is 5.51. The minimum Gasteiger partial charge on any atom is -0.474 e. The fourth-order valence-electron chi connectivity index (χ4n) is 1.63. The molecule has 108 valence electrons. The fraction of sp³-hybridized carbons (Fsp3) is 0.118. The summed E-state index contributed by atoms with van der Waals surface area (Å²) >= 11 is 10.2. The summed E-state index contributed by atoms with van der Waals surface area (Å²) in [5.41, 5.74) is 2.39. The number of ether oxygens (including phenoxy) is 1. The quantitative estimate of drug-likeness (QED) is 0.617. The molecule has 0 radical (unpaired) electrons. The summed E-state index contributed by atoms with van der Waals surface area (Å²) in [4.78, 5) is 0. The third-order valence-corrected chi connectivity index (χ3v) is 4.51. The number of halogens is 1. The normalized spacial score (nSPS) is 10.7. The Morgan fingerprint density at radius 2 is 1.81 bits per heavy atom. The van der Waals surface area contributed by atoms with Crippen LogP contribution in [0.5, 0.6) is 0 Å². The molecular formula is C17H15BrOS2. The monoisotopic (exact) mass is 378 g/mol. The Kier molecular flexibility index (Phi) is 7.00. The molecule has 0 aromatic heterocycles. The molecule has 21 heavy (non-hydrogen) atoms. The van der Waals surface area contributed by atoms with Gasteiger partial charge in [-0.05, 0) is 41.6 Å². The molecule has 0 aliphatic heterocycles. The van der Waals surface area contributed by atoms with Crippen molar-refractivity contribution in [3.05, 3.63) is 76.3 Å². The van der Waals surface area contributed by atoms with Gasteiger partial charge in [0, 0.05) is 10.2 Å². The number of rotatable bonds is 5. The number of hydrogen-bond donors (Lipinski definition) is 0. The van der Waals surface area contributed by atoms with Gasteiger partial charge >= 0.3 is 0 Å². The topological polar surface area (TPSA) is 9.23 Å². The zero-order valence-corrected chi connectivity index (χ0v) is 14.6. The van der Waals surface area contributed by atoms with Gasteiger partial charge in [-0.15, -0.1) is 0 Å². The lowest BCUT2D eigenvalue weighted by atomic mass is 10.2. The van der Waals surface area contributed by atoms with Crippen LogP contribution >= 0.6 is 39.9 Å². The Hall–Kier alpha value is -1.10. The van der Waals surface area contributed by atoms with Crippen molar-refractivity contribution in [2.24, 2.45) is 0 Å². The first-order chi connectivity index (χ1) is 10.2. The SMILES string of the molecule is S=C(OC/C=C/c1ccccc1)SCc1ccc(Br)cc1. The van der Waals surface area contributed by atoms with Crippen LogP contribution in [0, 0.1) is 0 Å². The molecule has 4 heteroatoms. The molecule has 0 aliphatic carbocycles. The van der Waals surface area contributed by atoms with E-state index in [2.05, 4.69) is 40.2 Å². The first-order valence-corrected chi connectivity index (χ1v) is 8.68. The zero-order chi connectivity index (χ0) is 14.9. The van der Waals surface area contributed by atoms with Gasteiger partial charge in [-0.1, -0.05) is 76.2 Å². The summed E-state index contributed by atoms with van der Waals surface area (Å²) < 4.78 is 7.17. The molecule has 0 bridgehead atoms. The van der Waals surface area contributed by atoms with E-state index in [4.69, 9.17) is 17.0 Å². The van der Waals surface area contributed by atoms with Crippen molar-refractivity contribution in [3.63, 3.8) is 0 Å². The Morgan fingerprint density at radius 3 is 2.52 bits per heavy atom. The van der Waals surface area contributed by atoms with Crippen LogP contribution < -0.4 is 0 Å². The summed E-state index contributed by atoms with van der Waals surface area (Å²) in [7, 11) is 0. The first kappa shape index (κ1) is 16.3. The van der Waals surface area contributed by atoms with E-state index < -0.39 is 0 Å². The maximum Gasteiger partial charge on any atom is 0.220 e. The highest BCUT2D eigenvalue weighted by Gasteiger charge is 1.99. The Morgan fingerprint density at radius 1 is 1.10 bits per heavy atom. The van der Waals surface area contributed by atoms with Gasteiger partial charge in [0.1, 0.15) is 6.61 Å². The molecule has 2 aromatic carbocycles. The smallest absolute Gasteiger partial charge is 0.220 e. The second-order valence-electron chi connectivity index (χ2n) is 4.29. The number of thioether (sulfide) groups is 1. The minimum atomic E-state index is 0.501. The van der Waals surface area contributed by atoms with Gasteiger partial charge in [-0.3, -0.25) is 0 Å². The Balaban J connectivity index is 1.68. The molecule has 0 aliphatic rings. The Labute approximate surface area is 143 Å². The third-order valence-electron chi connectivity index (χ3n) is 2.68. The molecule has 0 unspecified atom stereocenters. The molecule has 0 heterocycles. The van der Waals surface area contributed by atoms with Crippen LogP contribution in [0.3, 0.4) is 0 Å². The summed E-state index contributed by atoms with van der Waals surface area (Å²) in [6.45, 7) is 0.501. The fourth-order valence-corrected chi connectivity index (χ4v) is 2.77. The predicted molar refractivity (Wildman–Crippen MR) is 99.5 cm³/mol. The van der Waals surface area contributed by atoms with E-state index in [0.717, 1.165) is 15.8 Å². The lowest BCUT2D eigenvalue weighted by Gasteiger charge is -2.05. The Bertz CT molecular complexity index is 594. The molecule has 0 atom stereocenters. The summed E-state index contributed by atoms with van der Waals surface area (Å²) in [5, 5.41) is 0. The van der Waals surface area contributed by atoms with Gasteiger partial charge in [0.25, 0.3) is 0 Å². The molecule has 0 fully saturated rings. The van der Waals surface area contributed by atoms with Crippen LogP contribution in [-0.2, 0) is 10.5 Å². The van der Waals surface area contributed by atoms with E-state index in [9.17, 15) is 0 Å². The lowest BCUT2D eigenvalue weighted by molar-refractivity contribution is 0.371. The van der Waals surface area contributed by atoms with Crippen LogP contribution in [0.15, 0.2) is 65.1 Å². The minimum absolute atomic E-state index is 0.501. The highest BCUT2D eigenvalue weighted by atomic mass is 79.9. The van der Waals surface area contributed by atoms with Gasteiger partial charge in [0.15, 0.2) is 0 Å². The number of thiocarbonyl (C=S) groups is 1. The largest absolute Gasteiger partial charge is 0.474 e. The predicted octanol–water partition coefficient (Wildman–Crippen LogP) is 5.70. The molecular weight excluding hydrogens is 364 g/mol. The molecule has 0 saturated heterocycles. The van der Waals surface area contributed by atoms with Crippen molar-refractivity contribution in [2.45, 2.75) is 5.75 Å². The van der Waals surface area contributed by atoms with Gasteiger partial charge in [-0.25, -0.2) is 0 Å². The standard InChI is InChI=1S/C17H15BrOS2/c18-16-10-8-15(9-11-16)13-21-17(20)19-12-4-7-14-5-2-1-3-6-14/h1-11H,12-13H2/b7-4+. The highest BCUT2D eigenvalue weighted by Crippen LogP contribution is 2.17. The van der Waals surface area contributed by atoms with Crippen molar-refractivity contribution >= 4 is 50.4 Å². The molecule has 2 rings (SSSR count). The zero-order valence-electron chi connectivity index (χ0n) is 11.4. The summed E-state index contributed by atoms with van der Waals surface area (Å²) in [6, 6.07) is 18.4. The first-order valence-electron chi connectivity index (χ1n) is 6.49. The van der Waals surface area contributed by atoms with E-state index in [1.165, 1.54) is 5.56 Å². The molecule has 0 N–H and O–H groups in total. The average Bonchev–Trinajstić information content (AvgIpc) is 2.52. The van der Waals surface area contributed by atoms with Crippen LogP contribution in [0.25, 0.3) is 6.08 Å². The van der Waals surface area contributed by atoms with Crippen molar-refractivity contribution in [1.29, 1.82) is 0 Å². The summed E-state index contributed by atoms with van der Waals surface area (Å²) in [5.74, 6) is 0.828. The molecule has 0 spiro atoms. The van der Waals surface area contributed by atoms with E-state index in [1.807, 2.05) is 42.5 Å². The lowest BCUT2D eigenvalue weighted by Crippen LogP contribution is -1.97. The van der Waals surface area contributed by atoms with Crippen molar-refractivity contribution in [3.8, 4) is 0 Å². The van der Waals surface area contributed by atoms with E-state index in [1.54, 1.807) is 11.8 Å².